The molecule has 0 bridgehead atoms. The van der Waals surface area contributed by atoms with E-state index in [1.165, 1.54) is 16.9 Å². The number of para-hydroxylation sites is 1. The highest BCUT2D eigenvalue weighted by atomic mass is 32.1. The number of carbonyl (C=O) groups is 2. The Kier molecular flexibility index (Phi) is 4.54. The second-order valence-corrected chi connectivity index (χ2v) is 7.15. The van der Waals surface area contributed by atoms with Crippen LogP contribution in [0.4, 0.5) is 11.4 Å². The van der Waals surface area contributed by atoms with Crippen LogP contribution in [-0.2, 0) is 6.42 Å². The van der Waals surface area contributed by atoms with Crippen molar-refractivity contribution >= 4 is 34.5 Å². The molecule has 5 heteroatoms. The van der Waals surface area contributed by atoms with Gasteiger partial charge in [-0.05, 0) is 54.1 Å². The molecule has 0 saturated heterocycles. The van der Waals surface area contributed by atoms with Crippen molar-refractivity contribution in [3.63, 3.8) is 0 Å². The molecule has 1 aliphatic rings. The molecular weight excluding hydrogens is 344 g/mol. The number of benzene rings is 2. The summed E-state index contributed by atoms with van der Waals surface area (Å²) in [6.45, 7) is 0.710. The van der Waals surface area contributed by atoms with E-state index in [1.807, 2.05) is 34.5 Å². The lowest BCUT2D eigenvalue weighted by atomic mass is 10.0. The molecule has 0 aliphatic carbocycles. The van der Waals surface area contributed by atoms with Gasteiger partial charge in [0.15, 0.2) is 0 Å². The summed E-state index contributed by atoms with van der Waals surface area (Å²) in [6.07, 6.45) is 1.95. The van der Waals surface area contributed by atoms with Gasteiger partial charge in [-0.2, -0.15) is 0 Å². The molecule has 0 atom stereocenters. The summed E-state index contributed by atoms with van der Waals surface area (Å²) < 4.78 is 0. The Balaban J connectivity index is 1.57. The van der Waals surface area contributed by atoms with Gasteiger partial charge >= 0.3 is 0 Å². The fourth-order valence-electron chi connectivity index (χ4n) is 3.23. The van der Waals surface area contributed by atoms with Crippen LogP contribution < -0.4 is 10.2 Å². The van der Waals surface area contributed by atoms with Crippen LogP contribution >= 0.6 is 11.3 Å². The number of rotatable bonds is 3. The lowest BCUT2D eigenvalue weighted by molar-refractivity contribution is 0.0983. The van der Waals surface area contributed by atoms with Crippen LogP contribution in [0.1, 0.15) is 32.0 Å². The molecular formula is C21H18N2O2S. The van der Waals surface area contributed by atoms with E-state index in [9.17, 15) is 9.59 Å². The summed E-state index contributed by atoms with van der Waals surface area (Å²) in [5.74, 6) is -0.197. The van der Waals surface area contributed by atoms with Crippen LogP contribution in [0.2, 0.25) is 0 Å². The molecule has 2 aromatic carbocycles. The average molecular weight is 362 g/mol. The maximum absolute atomic E-state index is 13.0. The van der Waals surface area contributed by atoms with E-state index in [0.29, 0.717) is 22.7 Å². The van der Waals surface area contributed by atoms with Gasteiger partial charge in [-0.3, -0.25) is 9.59 Å². The molecule has 3 aromatic rings. The highest BCUT2D eigenvalue weighted by Crippen LogP contribution is 2.28. The van der Waals surface area contributed by atoms with Crippen molar-refractivity contribution in [2.45, 2.75) is 12.8 Å². The minimum absolute atomic E-state index is 0.0376. The van der Waals surface area contributed by atoms with Gasteiger partial charge in [0.1, 0.15) is 0 Å². The molecule has 1 aromatic heterocycles. The number of amides is 2. The zero-order valence-corrected chi connectivity index (χ0v) is 15.0. The number of nitrogens with one attached hydrogen (secondary N) is 1. The number of aryl methyl sites for hydroxylation is 1. The summed E-state index contributed by atoms with van der Waals surface area (Å²) in [7, 11) is 0. The quantitative estimate of drug-likeness (QED) is 0.741. The van der Waals surface area contributed by atoms with E-state index in [1.54, 1.807) is 30.3 Å². The Hall–Kier alpha value is -2.92. The first-order valence-electron chi connectivity index (χ1n) is 8.57. The standard InChI is InChI=1S/C21H18N2O2S/c24-20(19-11-5-13-26-19)22-17-9-3-7-16(14-17)21(25)23-12-4-8-15-6-1-2-10-18(15)23/h1-3,5-7,9-11,13-14H,4,8,12H2,(H,22,24). The van der Waals surface area contributed by atoms with Crippen LogP contribution in [0.15, 0.2) is 66.0 Å². The molecule has 26 heavy (non-hydrogen) atoms. The average Bonchev–Trinajstić information content (AvgIpc) is 3.22. The fourth-order valence-corrected chi connectivity index (χ4v) is 3.85. The van der Waals surface area contributed by atoms with Crippen molar-refractivity contribution in [2.24, 2.45) is 0 Å². The summed E-state index contributed by atoms with van der Waals surface area (Å²) >= 11 is 1.39. The van der Waals surface area contributed by atoms with Gasteiger partial charge in [0.25, 0.3) is 11.8 Å². The highest BCUT2D eigenvalue weighted by molar-refractivity contribution is 7.12. The summed E-state index contributed by atoms with van der Waals surface area (Å²) in [5.41, 5.74) is 3.39. The maximum Gasteiger partial charge on any atom is 0.265 e. The lowest BCUT2D eigenvalue weighted by Gasteiger charge is -2.29. The van der Waals surface area contributed by atoms with Gasteiger partial charge in [-0.15, -0.1) is 11.3 Å². The molecule has 1 aliphatic heterocycles. The molecule has 0 radical (unpaired) electrons. The molecule has 0 saturated carbocycles. The number of hydrogen-bond acceptors (Lipinski definition) is 3. The van der Waals surface area contributed by atoms with Gasteiger partial charge in [-0.25, -0.2) is 0 Å². The molecule has 1 N–H and O–H groups in total. The fraction of sp³-hybridized carbons (Fsp3) is 0.143. The Morgan fingerprint density at radius 2 is 1.88 bits per heavy atom. The van der Waals surface area contributed by atoms with Gasteiger partial charge in [-0.1, -0.05) is 30.3 Å². The third kappa shape index (κ3) is 3.26. The molecule has 0 spiro atoms. The molecule has 4 nitrogen and oxygen atoms in total. The predicted molar refractivity (Wildman–Crippen MR) is 105 cm³/mol. The van der Waals surface area contributed by atoms with Crippen molar-refractivity contribution < 1.29 is 9.59 Å². The number of nitrogens with zero attached hydrogens (tertiary/aromatic N) is 1. The number of thiophene rings is 1. The third-order valence-electron chi connectivity index (χ3n) is 4.47. The van der Waals surface area contributed by atoms with Gasteiger partial charge in [0, 0.05) is 23.5 Å². The Morgan fingerprint density at radius 3 is 2.73 bits per heavy atom. The van der Waals surface area contributed by atoms with E-state index in [0.717, 1.165) is 18.5 Å². The monoisotopic (exact) mass is 362 g/mol. The van der Waals surface area contributed by atoms with Crippen LogP contribution in [0.5, 0.6) is 0 Å². The first-order chi connectivity index (χ1) is 12.7. The van der Waals surface area contributed by atoms with Crippen LogP contribution in [0.25, 0.3) is 0 Å². The first kappa shape index (κ1) is 16.5. The van der Waals surface area contributed by atoms with E-state index < -0.39 is 0 Å². The van der Waals surface area contributed by atoms with Crippen LogP contribution in [0.3, 0.4) is 0 Å². The molecule has 130 valence electrons. The maximum atomic E-state index is 13.0. The van der Waals surface area contributed by atoms with Crippen molar-refractivity contribution in [2.75, 3.05) is 16.8 Å². The second kappa shape index (κ2) is 7.14. The van der Waals surface area contributed by atoms with Gasteiger partial charge in [0.2, 0.25) is 0 Å². The van der Waals surface area contributed by atoms with Crippen LogP contribution in [-0.4, -0.2) is 18.4 Å². The normalized spacial score (nSPS) is 13.2. The van der Waals surface area contributed by atoms with E-state index in [-0.39, 0.29) is 11.8 Å². The lowest BCUT2D eigenvalue weighted by Crippen LogP contribution is -2.35. The van der Waals surface area contributed by atoms with Gasteiger partial charge in [0.05, 0.1) is 4.88 Å². The topological polar surface area (TPSA) is 49.4 Å². The zero-order chi connectivity index (χ0) is 17.9. The highest BCUT2D eigenvalue weighted by Gasteiger charge is 2.23. The molecule has 2 heterocycles. The third-order valence-corrected chi connectivity index (χ3v) is 5.34. The van der Waals surface area contributed by atoms with Crippen molar-refractivity contribution in [3.8, 4) is 0 Å². The minimum Gasteiger partial charge on any atom is -0.321 e. The van der Waals surface area contributed by atoms with Crippen molar-refractivity contribution in [3.05, 3.63) is 82.0 Å². The van der Waals surface area contributed by atoms with E-state index in [2.05, 4.69) is 11.4 Å². The first-order valence-corrected chi connectivity index (χ1v) is 9.45. The minimum atomic E-state index is -0.159. The molecule has 4 rings (SSSR count). The largest absolute Gasteiger partial charge is 0.321 e. The molecule has 0 unspecified atom stereocenters. The number of anilines is 2. The van der Waals surface area contributed by atoms with Crippen molar-refractivity contribution in [1.29, 1.82) is 0 Å². The molecule has 0 fully saturated rings. The Morgan fingerprint density at radius 1 is 1.00 bits per heavy atom. The summed E-state index contributed by atoms with van der Waals surface area (Å²) in [6, 6.07) is 18.8. The molecule has 2 amide bonds. The summed E-state index contributed by atoms with van der Waals surface area (Å²) in [4.78, 5) is 27.7. The van der Waals surface area contributed by atoms with Gasteiger partial charge < -0.3 is 10.2 Å². The summed E-state index contributed by atoms with van der Waals surface area (Å²) in [5, 5.41) is 4.73. The zero-order valence-electron chi connectivity index (χ0n) is 14.1. The van der Waals surface area contributed by atoms with E-state index >= 15 is 0 Å². The predicted octanol–water partition coefficient (Wildman–Crippen LogP) is 4.59. The Labute approximate surface area is 156 Å². The number of hydrogen-bond donors (Lipinski definition) is 1. The number of carbonyl (C=O) groups excluding carboxylic acids is 2. The van der Waals surface area contributed by atoms with E-state index in [4.69, 9.17) is 0 Å². The van der Waals surface area contributed by atoms with Crippen molar-refractivity contribution in [1.82, 2.24) is 0 Å². The SMILES string of the molecule is O=C(Nc1cccc(C(=O)N2CCCc3ccccc32)c1)c1cccs1. The Bertz CT molecular complexity index is 950. The van der Waals surface area contributed by atoms with Crippen LogP contribution in [0, 0.1) is 0 Å². The smallest absolute Gasteiger partial charge is 0.265 e. The number of fused-ring (bicyclic) bond motifs is 1. The second-order valence-electron chi connectivity index (χ2n) is 6.20.